The van der Waals surface area contributed by atoms with Crippen LogP contribution in [0, 0.1) is 0 Å². The first-order valence-corrected chi connectivity index (χ1v) is 6.74. The third kappa shape index (κ3) is 1.91. The fraction of sp³-hybridized carbons (Fsp3) is 0.333. The predicted octanol–water partition coefficient (Wildman–Crippen LogP) is 3.99. The van der Waals surface area contributed by atoms with Gasteiger partial charge in [0.05, 0.1) is 5.41 Å². The van der Waals surface area contributed by atoms with E-state index in [1.807, 2.05) is 6.07 Å². The highest BCUT2D eigenvalue weighted by Gasteiger charge is 2.39. The minimum atomic E-state index is -0.0356. The van der Waals surface area contributed by atoms with Gasteiger partial charge in [0.25, 0.3) is 0 Å². The van der Waals surface area contributed by atoms with Crippen LogP contribution in [0.5, 0.6) is 0 Å². The summed E-state index contributed by atoms with van der Waals surface area (Å²) in [6.07, 6.45) is 6.43. The molecule has 92 valence electrons. The van der Waals surface area contributed by atoms with Crippen molar-refractivity contribution in [2.75, 3.05) is 0 Å². The Hall–Kier alpha value is -1.41. The van der Waals surface area contributed by atoms with Crippen LogP contribution in [0.2, 0.25) is 5.15 Å². The summed E-state index contributed by atoms with van der Waals surface area (Å²) in [4.78, 5) is 8.93. The zero-order valence-corrected chi connectivity index (χ0v) is 10.9. The number of nitrogens with zero attached hydrogens (tertiary/aromatic N) is 2. The van der Waals surface area contributed by atoms with Crippen LogP contribution >= 0.6 is 11.6 Å². The van der Waals surface area contributed by atoms with E-state index in [1.165, 1.54) is 18.4 Å². The second-order valence-corrected chi connectivity index (χ2v) is 5.25. The lowest BCUT2D eigenvalue weighted by Gasteiger charge is -2.27. The molecular weight excluding hydrogens is 244 g/mol. The zero-order chi connectivity index (χ0) is 12.4. The van der Waals surface area contributed by atoms with Crippen LogP contribution in [0.15, 0.2) is 42.6 Å². The standard InChI is InChI=1S/C15H15ClN2/c16-13-8-11-17-14(18-13)15(9-4-5-10-15)12-6-2-1-3-7-12/h1-3,6-8,11H,4-5,9-10H2. The smallest absolute Gasteiger partial charge is 0.140 e. The molecule has 1 fully saturated rings. The number of rotatable bonds is 2. The monoisotopic (exact) mass is 258 g/mol. The summed E-state index contributed by atoms with van der Waals surface area (Å²) in [5.74, 6) is 0.874. The van der Waals surface area contributed by atoms with Gasteiger partial charge in [-0.05, 0) is 24.5 Å². The number of benzene rings is 1. The molecule has 0 spiro atoms. The Morgan fingerprint density at radius 3 is 2.39 bits per heavy atom. The lowest BCUT2D eigenvalue weighted by molar-refractivity contribution is 0.499. The summed E-state index contributed by atoms with van der Waals surface area (Å²) < 4.78 is 0. The van der Waals surface area contributed by atoms with E-state index in [0.29, 0.717) is 5.15 Å². The molecule has 0 N–H and O–H groups in total. The summed E-state index contributed by atoms with van der Waals surface area (Å²) in [6.45, 7) is 0. The molecular formula is C15H15ClN2. The van der Waals surface area contributed by atoms with Crippen LogP contribution in [-0.2, 0) is 5.41 Å². The van der Waals surface area contributed by atoms with Gasteiger partial charge in [-0.3, -0.25) is 0 Å². The van der Waals surface area contributed by atoms with Gasteiger partial charge in [-0.15, -0.1) is 0 Å². The Bertz CT molecular complexity index is 533. The van der Waals surface area contributed by atoms with Gasteiger partial charge in [0.2, 0.25) is 0 Å². The number of hydrogen-bond donors (Lipinski definition) is 0. The first kappa shape index (κ1) is 11.7. The fourth-order valence-electron chi connectivity index (χ4n) is 2.94. The van der Waals surface area contributed by atoms with Crippen molar-refractivity contribution in [1.82, 2.24) is 9.97 Å². The van der Waals surface area contributed by atoms with E-state index in [0.717, 1.165) is 18.7 Å². The number of aromatic nitrogens is 2. The van der Waals surface area contributed by atoms with E-state index in [-0.39, 0.29) is 5.41 Å². The lowest BCUT2D eigenvalue weighted by Crippen LogP contribution is -2.26. The first-order chi connectivity index (χ1) is 8.81. The Morgan fingerprint density at radius 1 is 1.00 bits per heavy atom. The molecule has 0 atom stereocenters. The third-order valence-corrected chi connectivity index (χ3v) is 4.04. The van der Waals surface area contributed by atoms with Gasteiger partial charge in [0, 0.05) is 6.20 Å². The highest BCUT2D eigenvalue weighted by molar-refractivity contribution is 6.29. The lowest BCUT2D eigenvalue weighted by atomic mass is 9.78. The second kappa shape index (κ2) is 4.69. The van der Waals surface area contributed by atoms with Crippen LogP contribution in [-0.4, -0.2) is 9.97 Å². The van der Waals surface area contributed by atoms with Crippen molar-refractivity contribution in [2.45, 2.75) is 31.1 Å². The fourth-order valence-corrected chi connectivity index (χ4v) is 3.08. The molecule has 1 aliphatic rings. The molecule has 1 heterocycles. The number of hydrogen-bond acceptors (Lipinski definition) is 2. The van der Waals surface area contributed by atoms with E-state index >= 15 is 0 Å². The van der Waals surface area contributed by atoms with Crippen LogP contribution in [0.1, 0.15) is 37.1 Å². The summed E-state index contributed by atoms with van der Waals surface area (Å²) in [5.41, 5.74) is 1.27. The summed E-state index contributed by atoms with van der Waals surface area (Å²) in [6, 6.07) is 12.3. The maximum absolute atomic E-state index is 6.02. The largest absolute Gasteiger partial charge is 0.240 e. The summed E-state index contributed by atoms with van der Waals surface area (Å²) in [7, 11) is 0. The minimum absolute atomic E-state index is 0.0356. The Kier molecular flexibility index (Phi) is 3.04. The maximum atomic E-state index is 6.02. The average molecular weight is 259 g/mol. The normalized spacial score (nSPS) is 17.8. The molecule has 2 aromatic rings. The van der Waals surface area contributed by atoms with Crippen molar-refractivity contribution in [3.05, 3.63) is 59.1 Å². The Labute approximate surface area is 112 Å². The van der Waals surface area contributed by atoms with Crippen LogP contribution in [0.3, 0.4) is 0 Å². The molecule has 0 bridgehead atoms. The molecule has 3 heteroatoms. The zero-order valence-electron chi connectivity index (χ0n) is 10.1. The molecule has 2 nitrogen and oxygen atoms in total. The van der Waals surface area contributed by atoms with Crippen LogP contribution in [0.4, 0.5) is 0 Å². The second-order valence-electron chi connectivity index (χ2n) is 4.86. The highest BCUT2D eigenvalue weighted by atomic mass is 35.5. The Balaban J connectivity index is 2.13. The highest BCUT2D eigenvalue weighted by Crippen LogP contribution is 2.44. The SMILES string of the molecule is Clc1ccnc(C2(c3ccccc3)CCCC2)n1. The molecule has 18 heavy (non-hydrogen) atoms. The van der Waals surface area contributed by atoms with E-state index in [9.17, 15) is 0 Å². The van der Waals surface area contributed by atoms with Crippen molar-refractivity contribution in [1.29, 1.82) is 0 Å². The van der Waals surface area contributed by atoms with E-state index in [1.54, 1.807) is 12.3 Å². The van der Waals surface area contributed by atoms with Gasteiger partial charge in [0.1, 0.15) is 11.0 Å². The van der Waals surface area contributed by atoms with E-state index in [2.05, 4.69) is 34.2 Å². The molecule has 0 unspecified atom stereocenters. The molecule has 1 saturated carbocycles. The van der Waals surface area contributed by atoms with Crippen molar-refractivity contribution in [2.24, 2.45) is 0 Å². The van der Waals surface area contributed by atoms with Gasteiger partial charge in [0.15, 0.2) is 0 Å². The van der Waals surface area contributed by atoms with Crippen LogP contribution < -0.4 is 0 Å². The first-order valence-electron chi connectivity index (χ1n) is 6.36. The molecule has 1 aliphatic carbocycles. The van der Waals surface area contributed by atoms with E-state index < -0.39 is 0 Å². The van der Waals surface area contributed by atoms with Crippen molar-refractivity contribution in [3.63, 3.8) is 0 Å². The molecule has 1 aromatic carbocycles. The molecule has 0 radical (unpaired) electrons. The van der Waals surface area contributed by atoms with Gasteiger partial charge in [-0.2, -0.15) is 0 Å². The van der Waals surface area contributed by atoms with Gasteiger partial charge in [-0.25, -0.2) is 9.97 Å². The average Bonchev–Trinajstić information content (AvgIpc) is 2.90. The van der Waals surface area contributed by atoms with Crippen molar-refractivity contribution >= 4 is 11.6 Å². The molecule has 3 rings (SSSR count). The van der Waals surface area contributed by atoms with E-state index in [4.69, 9.17) is 11.6 Å². The topological polar surface area (TPSA) is 25.8 Å². The maximum Gasteiger partial charge on any atom is 0.140 e. The predicted molar refractivity (Wildman–Crippen MR) is 72.7 cm³/mol. The van der Waals surface area contributed by atoms with Gasteiger partial charge >= 0.3 is 0 Å². The van der Waals surface area contributed by atoms with Gasteiger partial charge < -0.3 is 0 Å². The van der Waals surface area contributed by atoms with Crippen molar-refractivity contribution in [3.8, 4) is 0 Å². The quantitative estimate of drug-likeness (QED) is 0.761. The van der Waals surface area contributed by atoms with Crippen molar-refractivity contribution < 1.29 is 0 Å². The third-order valence-electron chi connectivity index (χ3n) is 3.83. The molecule has 0 aliphatic heterocycles. The minimum Gasteiger partial charge on any atom is -0.240 e. The summed E-state index contributed by atoms with van der Waals surface area (Å²) in [5, 5.41) is 0.530. The Morgan fingerprint density at radius 2 is 1.72 bits per heavy atom. The van der Waals surface area contributed by atoms with Gasteiger partial charge in [-0.1, -0.05) is 54.8 Å². The molecule has 0 amide bonds. The number of halogens is 1. The summed E-state index contributed by atoms with van der Waals surface area (Å²) >= 11 is 6.02. The molecule has 0 saturated heterocycles. The van der Waals surface area contributed by atoms with Crippen LogP contribution in [0.25, 0.3) is 0 Å². The molecule has 1 aromatic heterocycles.